The van der Waals surface area contributed by atoms with Gasteiger partial charge in [-0.1, -0.05) is 29.5 Å². The van der Waals surface area contributed by atoms with Gasteiger partial charge >= 0.3 is 6.18 Å². The third-order valence-corrected chi connectivity index (χ3v) is 6.50. The third kappa shape index (κ3) is 4.74. The second kappa shape index (κ2) is 8.85. The molecule has 3 amide bonds. The summed E-state index contributed by atoms with van der Waals surface area (Å²) in [5.74, 6) is -1.53. The van der Waals surface area contributed by atoms with Crippen molar-refractivity contribution < 1.29 is 27.6 Å². The van der Waals surface area contributed by atoms with Crippen LogP contribution >= 0.6 is 11.3 Å². The van der Waals surface area contributed by atoms with Gasteiger partial charge in [0.1, 0.15) is 0 Å². The number of rotatable bonds is 4. The number of hydrogen-bond acceptors (Lipinski definition) is 6. The van der Waals surface area contributed by atoms with E-state index in [9.17, 15) is 27.6 Å². The molecule has 2 aromatic rings. The first-order valence-corrected chi connectivity index (χ1v) is 10.9. The summed E-state index contributed by atoms with van der Waals surface area (Å²) in [6.07, 6.45) is -3.70. The minimum Gasteiger partial charge on any atom is -0.342 e. The molecule has 0 radical (unpaired) electrons. The van der Waals surface area contributed by atoms with Crippen molar-refractivity contribution in [2.45, 2.75) is 25.4 Å². The van der Waals surface area contributed by atoms with E-state index >= 15 is 0 Å². The summed E-state index contributed by atoms with van der Waals surface area (Å²) >= 11 is 0.273. The van der Waals surface area contributed by atoms with Crippen LogP contribution in [0.4, 0.5) is 24.0 Å². The van der Waals surface area contributed by atoms with Crippen LogP contribution in [0, 0.1) is 11.8 Å². The van der Waals surface area contributed by atoms with Crippen LogP contribution in [0.25, 0.3) is 0 Å². The van der Waals surface area contributed by atoms with E-state index < -0.39 is 28.9 Å². The first-order valence-electron chi connectivity index (χ1n) is 10.1. The number of anilines is 2. The fourth-order valence-corrected chi connectivity index (χ4v) is 4.56. The van der Waals surface area contributed by atoms with Gasteiger partial charge in [0.2, 0.25) is 27.9 Å². The van der Waals surface area contributed by atoms with Crippen molar-refractivity contribution in [3.8, 4) is 0 Å². The van der Waals surface area contributed by atoms with Crippen molar-refractivity contribution in [1.29, 1.82) is 0 Å². The Hall–Kier alpha value is -3.02. The molecule has 1 atom stereocenters. The Balaban J connectivity index is 1.29. The minimum atomic E-state index is -4.61. The Labute approximate surface area is 185 Å². The lowest BCUT2D eigenvalue weighted by molar-refractivity contribution is -0.138. The maximum atomic E-state index is 12.9. The highest BCUT2D eigenvalue weighted by atomic mass is 32.1. The lowest BCUT2D eigenvalue weighted by atomic mass is 9.94. The number of nitrogens with one attached hydrogen (secondary N) is 1. The Morgan fingerprint density at radius 1 is 1.06 bits per heavy atom. The molecule has 0 saturated carbocycles. The number of aromatic nitrogens is 2. The molecule has 12 heteroatoms. The second-order valence-electron chi connectivity index (χ2n) is 7.74. The van der Waals surface area contributed by atoms with Crippen molar-refractivity contribution in [2.75, 3.05) is 29.9 Å². The van der Waals surface area contributed by atoms with Crippen LogP contribution in [-0.4, -0.2) is 52.5 Å². The summed E-state index contributed by atoms with van der Waals surface area (Å²) < 4.78 is 37.9. The largest absolute Gasteiger partial charge is 0.445 e. The van der Waals surface area contributed by atoms with Gasteiger partial charge in [-0.3, -0.25) is 14.4 Å². The number of alkyl halides is 3. The molecule has 2 aliphatic heterocycles. The van der Waals surface area contributed by atoms with Gasteiger partial charge in [0.25, 0.3) is 0 Å². The molecule has 4 rings (SSSR count). The van der Waals surface area contributed by atoms with Crippen molar-refractivity contribution in [3.63, 3.8) is 0 Å². The first kappa shape index (κ1) is 22.2. The predicted molar refractivity (Wildman–Crippen MR) is 110 cm³/mol. The molecule has 1 aromatic heterocycles. The highest BCUT2D eigenvalue weighted by Gasteiger charge is 2.39. The Morgan fingerprint density at radius 2 is 1.75 bits per heavy atom. The van der Waals surface area contributed by atoms with E-state index in [1.807, 2.05) is 30.3 Å². The van der Waals surface area contributed by atoms with E-state index in [0.29, 0.717) is 32.5 Å². The summed E-state index contributed by atoms with van der Waals surface area (Å²) in [5, 5.41) is 7.47. The number of carbonyl (C=O) groups excluding carboxylic acids is 3. The highest BCUT2D eigenvalue weighted by molar-refractivity contribution is 7.15. The number of likely N-dealkylation sites (tertiary alicyclic amines) is 1. The van der Waals surface area contributed by atoms with Gasteiger partial charge in [0.05, 0.1) is 5.92 Å². The zero-order chi connectivity index (χ0) is 22.9. The molecular weight excluding hydrogens is 447 g/mol. The highest BCUT2D eigenvalue weighted by Crippen LogP contribution is 2.33. The van der Waals surface area contributed by atoms with Gasteiger partial charge in [-0.25, -0.2) is 0 Å². The Bertz CT molecular complexity index is 1010. The molecule has 0 bridgehead atoms. The summed E-state index contributed by atoms with van der Waals surface area (Å²) in [4.78, 5) is 40.9. The molecule has 170 valence electrons. The molecule has 1 N–H and O–H groups in total. The van der Waals surface area contributed by atoms with Crippen LogP contribution in [0.1, 0.15) is 24.3 Å². The average Bonchev–Trinajstić information content (AvgIpc) is 3.41. The monoisotopic (exact) mass is 467 g/mol. The maximum absolute atomic E-state index is 12.9. The van der Waals surface area contributed by atoms with Crippen LogP contribution in [-0.2, 0) is 20.6 Å². The smallest absolute Gasteiger partial charge is 0.342 e. The Kier molecular flexibility index (Phi) is 6.13. The lowest BCUT2D eigenvalue weighted by Crippen LogP contribution is -2.44. The molecule has 3 heterocycles. The summed E-state index contributed by atoms with van der Waals surface area (Å²) in [6.45, 7) is 1.01. The van der Waals surface area contributed by atoms with E-state index in [1.54, 1.807) is 9.80 Å². The number of amides is 3. The average molecular weight is 467 g/mol. The van der Waals surface area contributed by atoms with Crippen LogP contribution in [0.2, 0.25) is 0 Å². The van der Waals surface area contributed by atoms with E-state index in [4.69, 9.17) is 0 Å². The Morgan fingerprint density at radius 3 is 2.38 bits per heavy atom. The number of hydrogen-bond donors (Lipinski definition) is 1. The topological polar surface area (TPSA) is 95.5 Å². The zero-order valence-electron chi connectivity index (χ0n) is 16.8. The minimum absolute atomic E-state index is 0.0981. The number of halogens is 3. The third-order valence-electron chi connectivity index (χ3n) is 5.62. The summed E-state index contributed by atoms with van der Waals surface area (Å²) in [7, 11) is 0. The van der Waals surface area contributed by atoms with Crippen LogP contribution < -0.4 is 10.2 Å². The molecule has 2 fully saturated rings. The molecule has 8 nitrogen and oxygen atoms in total. The molecular formula is C20H20F3N5O3S. The SMILES string of the molecule is O=C(Nc1nnc(C(F)(F)F)s1)C1CCN(C(=O)C2CC(=O)N(c3ccccc3)C2)CC1. The van der Waals surface area contributed by atoms with Gasteiger partial charge in [0.15, 0.2) is 0 Å². The standard InChI is InChI=1S/C20H20F3N5O3S/c21-20(22,23)18-25-26-19(32-18)24-16(30)12-6-8-27(9-7-12)17(31)13-10-15(29)28(11-13)14-4-2-1-3-5-14/h1-5,12-13H,6-11H2,(H,24,26,30). The molecule has 0 spiro atoms. The first-order chi connectivity index (χ1) is 15.2. The van der Waals surface area contributed by atoms with Gasteiger partial charge in [-0.05, 0) is 25.0 Å². The number of benzene rings is 1. The number of nitrogens with zero attached hydrogens (tertiary/aromatic N) is 4. The quantitative estimate of drug-likeness (QED) is 0.746. The summed E-state index contributed by atoms with van der Waals surface area (Å²) in [5.41, 5.74) is 0.758. The molecule has 1 unspecified atom stereocenters. The van der Waals surface area contributed by atoms with E-state index in [2.05, 4.69) is 15.5 Å². The van der Waals surface area contributed by atoms with E-state index in [1.165, 1.54) is 0 Å². The second-order valence-corrected chi connectivity index (χ2v) is 8.72. The fourth-order valence-electron chi connectivity index (χ4n) is 3.95. The van der Waals surface area contributed by atoms with Gasteiger partial charge in [0, 0.05) is 37.7 Å². The lowest BCUT2D eigenvalue weighted by Gasteiger charge is -2.32. The molecule has 2 saturated heterocycles. The number of carbonyl (C=O) groups is 3. The zero-order valence-corrected chi connectivity index (χ0v) is 17.7. The number of para-hydroxylation sites is 1. The predicted octanol–water partition coefficient (Wildman–Crippen LogP) is 2.79. The van der Waals surface area contributed by atoms with Gasteiger partial charge in [-0.15, -0.1) is 10.2 Å². The van der Waals surface area contributed by atoms with Crippen molar-refractivity contribution in [2.24, 2.45) is 11.8 Å². The van der Waals surface area contributed by atoms with Crippen molar-refractivity contribution in [3.05, 3.63) is 35.3 Å². The van der Waals surface area contributed by atoms with Crippen molar-refractivity contribution >= 4 is 39.9 Å². The van der Waals surface area contributed by atoms with Gasteiger partial charge < -0.3 is 15.1 Å². The molecule has 1 aromatic carbocycles. The van der Waals surface area contributed by atoms with Crippen molar-refractivity contribution in [1.82, 2.24) is 15.1 Å². The molecule has 0 aliphatic carbocycles. The van der Waals surface area contributed by atoms with Gasteiger partial charge in [-0.2, -0.15) is 13.2 Å². The summed E-state index contributed by atoms with van der Waals surface area (Å²) in [6, 6.07) is 9.17. The normalized spacial score (nSPS) is 20.0. The van der Waals surface area contributed by atoms with E-state index in [0.717, 1.165) is 5.69 Å². The van der Waals surface area contributed by atoms with Crippen LogP contribution in [0.5, 0.6) is 0 Å². The van der Waals surface area contributed by atoms with Crippen LogP contribution in [0.3, 0.4) is 0 Å². The molecule has 32 heavy (non-hydrogen) atoms. The number of piperidine rings is 1. The maximum Gasteiger partial charge on any atom is 0.445 e. The van der Waals surface area contributed by atoms with E-state index in [-0.39, 0.29) is 34.7 Å². The molecule has 2 aliphatic rings. The van der Waals surface area contributed by atoms with Crippen LogP contribution in [0.15, 0.2) is 30.3 Å². The fraction of sp³-hybridized carbons (Fsp3) is 0.450.